The number of aromatic nitrogens is 14. The number of fused-ring (bicyclic) bond motifs is 4. The number of methoxy groups -OCH3 is 1. The average molecular weight is 1980 g/mol. The number of imidazole rings is 4. The van der Waals surface area contributed by atoms with Crippen molar-refractivity contribution in [2.45, 2.75) is 125 Å². The summed E-state index contributed by atoms with van der Waals surface area (Å²) in [4.78, 5) is 138. The fourth-order valence-electron chi connectivity index (χ4n) is 17.1. The molecule has 4 fully saturated rings. The fourth-order valence-corrected chi connectivity index (χ4v) is 17.1. The van der Waals surface area contributed by atoms with Crippen molar-refractivity contribution in [1.82, 2.24) is 103 Å². The summed E-state index contributed by atoms with van der Waals surface area (Å²) in [5.41, 5.74) is 4.26. The van der Waals surface area contributed by atoms with Gasteiger partial charge in [0.1, 0.15) is 76.5 Å². The lowest BCUT2D eigenvalue weighted by Crippen LogP contribution is -2.57. The SMILES string of the molecule is COC(=O)[C@@H]1CCN(C(=O)c2cn3nc(-c4ccc(F)cc4)cc(C)c3n2)C[C@@H]1C.C[C@H]1CN(C(=O)c2cn3nc(-c4ccc(F)cc4)cc(C(F)(F)F)c3n2)CCN1C(=O)OCc1ccccn1.C[C@H]1CN(C(=O)c2cn3nc(-c4ccc(F)cc4)cc(C(F)(F)F)c3n2)CCN1C(=O)OCc1cccnc1.Cc1cc(-c2ccc(F)cc2)nn2cc(C(=O)N3CCN(C(=O)[C@H](O)CC(C)(C)C)[C@@H](C)C3)nc12. The number of aliphatic hydroxyl groups excluding tert-OH is 1. The number of carbonyl (C=O) groups excluding carboxylic acids is 8. The van der Waals surface area contributed by atoms with Crippen molar-refractivity contribution >= 4 is 70.3 Å². The summed E-state index contributed by atoms with van der Waals surface area (Å²) in [7, 11) is 1.39. The molecule has 18 rings (SSSR count). The van der Waals surface area contributed by atoms with E-state index in [1.807, 2.05) is 60.6 Å². The highest BCUT2D eigenvalue weighted by Crippen LogP contribution is 2.38. The molecule has 43 heteroatoms. The maximum atomic E-state index is 13.9. The van der Waals surface area contributed by atoms with Crippen molar-refractivity contribution in [3.63, 3.8) is 0 Å². The lowest BCUT2D eigenvalue weighted by Gasteiger charge is -2.40. The van der Waals surface area contributed by atoms with Gasteiger partial charge in [0, 0.05) is 137 Å². The van der Waals surface area contributed by atoms with Crippen LogP contribution in [0.3, 0.4) is 0 Å². The Hall–Kier alpha value is -15.7. The quantitative estimate of drug-likeness (QED) is 0.0566. The van der Waals surface area contributed by atoms with Crippen molar-refractivity contribution in [2.24, 2.45) is 17.3 Å². The first kappa shape index (κ1) is 102. The van der Waals surface area contributed by atoms with Crippen LogP contribution in [0, 0.1) is 54.4 Å². The van der Waals surface area contributed by atoms with Gasteiger partial charge in [-0.2, -0.15) is 46.7 Å². The molecule has 0 bridgehead atoms. The number of carbonyl (C=O) groups is 8. The molecule has 0 unspecified atom stereocenters. The van der Waals surface area contributed by atoms with Crippen molar-refractivity contribution in [3.05, 3.63) is 275 Å². The number of rotatable bonds is 15. The molecule has 7 amide bonds. The molecule has 4 aliphatic rings. The Labute approximate surface area is 811 Å². The van der Waals surface area contributed by atoms with Crippen LogP contribution >= 0.6 is 0 Å². The van der Waals surface area contributed by atoms with Gasteiger partial charge in [-0.25, -0.2) is 65.1 Å². The summed E-state index contributed by atoms with van der Waals surface area (Å²) in [6, 6.07) is 35.0. The van der Waals surface area contributed by atoms with E-state index in [-0.39, 0.29) is 151 Å². The zero-order chi connectivity index (χ0) is 102. The number of aliphatic hydroxyl groups is 1. The van der Waals surface area contributed by atoms with Crippen LogP contribution in [-0.4, -0.2) is 259 Å². The highest BCUT2D eigenvalue weighted by molar-refractivity contribution is 5.96. The molecule has 6 atom stereocenters. The maximum absolute atomic E-state index is 13.9. The number of benzene rings is 4. The molecule has 0 saturated carbocycles. The molecule has 33 nitrogen and oxygen atoms in total. The minimum atomic E-state index is -4.78. The average Bonchev–Trinajstić information content (AvgIpc) is 1.62. The third-order valence-corrected chi connectivity index (χ3v) is 24.6. The summed E-state index contributed by atoms with van der Waals surface area (Å²) >= 11 is 0. The normalized spacial score (nSPS) is 17.0. The standard InChI is InChI=1S/2C26H22F4N6O3.C26H32FN5O3.C22H23FN4O3/c1-16-13-34(9-10-35(16)25(38)39-15-17-3-2-8-31-12-17)24(37)22-14-36-23(32-22)20(26(28,29)30)11-21(33-36)18-4-6-19(27)7-5-18;1-16-13-34(10-11-35(16)25(38)39-15-19-4-2-3-9-31-19)24(37)22-14-36-23(32-22)20(26(28,29)30)12-21(33-36)17-5-7-18(27)8-6-17;1-16-12-20(18-6-8-19(27)9-7-18)29-32-15-21(28-23(16)32)24(34)30-10-11-31(17(2)14-30)25(35)22(33)13-26(3,4)5;1-13-10-18(15-4-6-16(23)7-5-15)25-27-12-19(24-20(13)27)21(28)26-9-8-17(14(2)11-26)22(29)30-3/h2-8,11-12,14,16H,9-10,13,15H2,1H3;2-9,12,14,16H,10-11,13,15H2,1H3;6-9,12,15,17,22,33H,10-11,13-14H2,1-5H3;4-7,10,12,14,17H,8-9,11H2,1-3H3/t2*16-;17-,22+;14-,17+/m0000/s1. The van der Waals surface area contributed by atoms with E-state index in [4.69, 9.17) is 14.2 Å². The number of piperidine rings is 1. The second kappa shape index (κ2) is 42.8. The number of hydrogen-bond donors (Lipinski definition) is 1. The van der Waals surface area contributed by atoms with E-state index < -0.39 is 88.6 Å². The molecule has 14 aromatic rings. The van der Waals surface area contributed by atoms with Gasteiger partial charge in [0.2, 0.25) is 0 Å². The van der Waals surface area contributed by atoms with Gasteiger partial charge in [0.25, 0.3) is 29.5 Å². The van der Waals surface area contributed by atoms with Crippen molar-refractivity contribution in [1.29, 1.82) is 0 Å². The first-order valence-electron chi connectivity index (χ1n) is 45.6. The number of hydrogen-bond acceptors (Lipinski definition) is 22. The maximum Gasteiger partial charge on any atom is 0.420 e. The Bertz CT molecular complexity index is 6800. The summed E-state index contributed by atoms with van der Waals surface area (Å²) in [6.07, 6.45) is -0.473. The molecule has 0 radical (unpaired) electrons. The number of likely N-dealkylation sites (tertiary alicyclic amines) is 1. The van der Waals surface area contributed by atoms with Crippen LogP contribution in [0.1, 0.15) is 137 Å². The van der Waals surface area contributed by atoms with Gasteiger partial charge in [-0.3, -0.25) is 38.7 Å². The van der Waals surface area contributed by atoms with E-state index in [2.05, 4.69) is 50.3 Å². The number of nitrogens with zero attached hydrogens (tertiary/aromatic N) is 21. The lowest BCUT2D eigenvalue weighted by atomic mass is 9.87. The van der Waals surface area contributed by atoms with E-state index >= 15 is 0 Å². The number of alkyl halides is 6. The first-order chi connectivity index (χ1) is 68.0. The highest BCUT2D eigenvalue weighted by atomic mass is 19.4. The van der Waals surface area contributed by atoms with E-state index in [0.29, 0.717) is 79.6 Å². The van der Waals surface area contributed by atoms with Crippen LogP contribution in [0.2, 0.25) is 0 Å². The molecular formula is C100H99F10N21O12. The molecular weight excluding hydrogens is 1880 g/mol. The largest absolute Gasteiger partial charge is 0.469 e. The second-order valence-electron chi connectivity index (χ2n) is 36.3. The van der Waals surface area contributed by atoms with E-state index in [1.165, 1.54) is 75.2 Å². The van der Waals surface area contributed by atoms with Gasteiger partial charge >= 0.3 is 30.5 Å². The summed E-state index contributed by atoms with van der Waals surface area (Å²) in [5, 5.41) is 27.9. The van der Waals surface area contributed by atoms with E-state index in [9.17, 15) is 87.4 Å². The van der Waals surface area contributed by atoms with Crippen LogP contribution in [0.15, 0.2) is 195 Å². The van der Waals surface area contributed by atoms with Gasteiger partial charge in [-0.05, 0) is 209 Å². The zero-order valence-corrected chi connectivity index (χ0v) is 79.2. The van der Waals surface area contributed by atoms with Crippen LogP contribution < -0.4 is 0 Å². The van der Waals surface area contributed by atoms with Gasteiger partial charge in [-0.1, -0.05) is 39.8 Å². The van der Waals surface area contributed by atoms with E-state index in [1.54, 1.807) is 123 Å². The lowest BCUT2D eigenvalue weighted by molar-refractivity contribution is -0.149. The molecule has 14 heterocycles. The van der Waals surface area contributed by atoms with Gasteiger partial charge in [0.15, 0.2) is 22.6 Å². The highest BCUT2D eigenvalue weighted by Gasteiger charge is 2.42. The molecule has 4 aromatic carbocycles. The topological polar surface area (TPSA) is 354 Å². The third kappa shape index (κ3) is 24.0. The Morgan fingerprint density at radius 3 is 1.14 bits per heavy atom. The molecule has 0 spiro atoms. The summed E-state index contributed by atoms with van der Waals surface area (Å²) in [5.74, 6) is -4.00. The van der Waals surface area contributed by atoms with E-state index in [0.717, 1.165) is 85.6 Å². The number of halogens is 10. The predicted molar refractivity (Wildman–Crippen MR) is 498 cm³/mol. The van der Waals surface area contributed by atoms with Gasteiger partial charge in [-0.15, -0.1) is 0 Å². The number of ether oxygens (including phenoxy) is 3. The summed E-state index contributed by atoms with van der Waals surface area (Å²) < 4.78 is 157. The van der Waals surface area contributed by atoms with Crippen LogP contribution in [0.4, 0.5) is 53.5 Å². The Morgan fingerprint density at radius 2 is 0.797 bits per heavy atom. The van der Waals surface area contributed by atoms with Gasteiger partial charge < -0.3 is 53.6 Å². The Balaban J connectivity index is 0.000000144. The number of amides is 7. The smallest absolute Gasteiger partial charge is 0.420 e. The van der Waals surface area contributed by atoms with Crippen molar-refractivity contribution < 1.29 is 102 Å². The number of esters is 1. The van der Waals surface area contributed by atoms with Crippen molar-refractivity contribution in [3.8, 4) is 45.0 Å². The molecule has 1 N–H and O–H groups in total. The number of pyridine rings is 2. The molecule has 10 aromatic heterocycles. The van der Waals surface area contributed by atoms with Gasteiger partial charge in [0.05, 0.1) is 66.3 Å². The minimum absolute atomic E-state index is 0.00122. The predicted octanol–water partition coefficient (Wildman–Crippen LogP) is 15.3. The minimum Gasteiger partial charge on any atom is -0.469 e. The number of piperazine rings is 3. The van der Waals surface area contributed by atoms with Crippen LogP contribution in [-0.2, 0) is 49.4 Å². The molecule has 4 aliphatic heterocycles. The number of aryl methyl sites for hydroxylation is 2. The monoisotopic (exact) mass is 1980 g/mol. The third-order valence-electron chi connectivity index (χ3n) is 24.6. The molecule has 4 saturated heterocycles. The Kier molecular flexibility index (Phi) is 30.4. The second-order valence-corrected chi connectivity index (χ2v) is 36.3. The fraction of sp³-hybridized carbons (Fsp3) is 0.340. The molecule has 143 heavy (non-hydrogen) atoms. The van der Waals surface area contributed by atoms with Crippen LogP contribution in [0.5, 0.6) is 0 Å². The Morgan fingerprint density at radius 1 is 0.434 bits per heavy atom. The van der Waals surface area contributed by atoms with Crippen LogP contribution in [0.25, 0.3) is 67.6 Å². The van der Waals surface area contributed by atoms with Crippen molar-refractivity contribution in [2.75, 3.05) is 79.1 Å². The molecule has 0 aliphatic carbocycles. The zero-order valence-electron chi connectivity index (χ0n) is 79.2. The molecule has 746 valence electrons. The summed E-state index contributed by atoms with van der Waals surface area (Å²) in [6.45, 7) is 20.0. The first-order valence-corrected chi connectivity index (χ1v) is 45.6.